The van der Waals surface area contributed by atoms with Crippen LogP contribution in [0.25, 0.3) is 10.9 Å². The number of pyridine rings is 1. The summed E-state index contributed by atoms with van der Waals surface area (Å²) in [5, 5.41) is 5.18. The van der Waals surface area contributed by atoms with Crippen LogP contribution in [-0.4, -0.2) is 27.2 Å². The smallest absolute Gasteiger partial charge is 0.0737 e. The van der Waals surface area contributed by atoms with E-state index in [2.05, 4.69) is 17.2 Å². The van der Waals surface area contributed by atoms with Crippen LogP contribution in [-0.2, 0) is 10.8 Å². The summed E-state index contributed by atoms with van der Waals surface area (Å²) in [7, 11) is -0.744. The lowest BCUT2D eigenvalue weighted by atomic mass is 10.1. The molecule has 102 valence electrons. The maximum absolute atomic E-state index is 11.1. The van der Waals surface area contributed by atoms with Crippen molar-refractivity contribution in [3.8, 4) is 0 Å². The lowest BCUT2D eigenvalue weighted by Gasteiger charge is -2.16. The van der Waals surface area contributed by atoms with Crippen LogP contribution in [0.3, 0.4) is 0 Å². The molecule has 0 bridgehead atoms. The van der Waals surface area contributed by atoms with Gasteiger partial charge in [-0.15, -0.1) is 0 Å². The number of rotatable bonds is 5. The third-order valence-corrected chi connectivity index (χ3v) is 3.99. The van der Waals surface area contributed by atoms with Crippen molar-refractivity contribution in [2.75, 3.05) is 17.3 Å². The molecule has 1 aromatic carbocycles. The molecule has 0 aliphatic carbocycles. The molecule has 19 heavy (non-hydrogen) atoms. The van der Waals surface area contributed by atoms with Crippen molar-refractivity contribution in [2.45, 2.75) is 19.4 Å². The molecule has 0 saturated heterocycles. The average molecular weight is 297 g/mol. The Hall–Kier alpha value is -1.13. The second-order valence-corrected chi connectivity index (χ2v) is 6.62. The van der Waals surface area contributed by atoms with Crippen molar-refractivity contribution in [2.24, 2.45) is 0 Å². The first-order valence-electron chi connectivity index (χ1n) is 6.17. The normalized spacial score (nSPS) is 14.3. The van der Waals surface area contributed by atoms with Crippen LogP contribution >= 0.6 is 11.6 Å². The van der Waals surface area contributed by atoms with Crippen molar-refractivity contribution in [3.63, 3.8) is 0 Å². The first-order valence-corrected chi connectivity index (χ1v) is 8.27. The highest BCUT2D eigenvalue weighted by molar-refractivity contribution is 7.84. The van der Waals surface area contributed by atoms with E-state index in [1.165, 1.54) is 0 Å². The van der Waals surface area contributed by atoms with Gasteiger partial charge in [0.15, 0.2) is 0 Å². The fraction of sp³-hybridized carbons (Fsp3) is 0.357. The predicted octanol–water partition coefficient (Wildman–Crippen LogP) is 3.46. The molecule has 0 aliphatic rings. The first-order chi connectivity index (χ1) is 9.06. The van der Waals surface area contributed by atoms with Gasteiger partial charge in [-0.05, 0) is 37.6 Å². The minimum Gasteiger partial charge on any atom is -0.382 e. The quantitative estimate of drug-likeness (QED) is 0.919. The van der Waals surface area contributed by atoms with Gasteiger partial charge in [0, 0.05) is 51.1 Å². The van der Waals surface area contributed by atoms with Gasteiger partial charge in [-0.2, -0.15) is 0 Å². The fourth-order valence-corrected chi connectivity index (χ4v) is 2.78. The molecule has 2 unspecified atom stereocenters. The number of anilines is 1. The standard InChI is InChI=1S/C14H17ClN2OS/c1-10(6-8-19(2)18)17-13-5-7-16-14-9-11(15)3-4-12(13)14/h3-5,7,9-10H,6,8H2,1-2H3,(H,16,17). The molecule has 0 amide bonds. The van der Waals surface area contributed by atoms with E-state index in [4.69, 9.17) is 11.6 Å². The number of nitrogens with zero attached hydrogens (tertiary/aromatic N) is 1. The van der Waals surface area contributed by atoms with E-state index < -0.39 is 10.8 Å². The van der Waals surface area contributed by atoms with Crippen molar-refractivity contribution in [1.82, 2.24) is 4.98 Å². The van der Waals surface area contributed by atoms with Crippen LogP contribution in [0.5, 0.6) is 0 Å². The summed E-state index contributed by atoms with van der Waals surface area (Å²) in [5.41, 5.74) is 1.92. The van der Waals surface area contributed by atoms with Crippen molar-refractivity contribution in [3.05, 3.63) is 35.5 Å². The van der Waals surface area contributed by atoms with Gasteiger partial charge in [0.25, 0.3) is 0 Å². The van der Waals surface area contributed by atoms with Crippen LogP contribution in [0.4, 0.5) is 5.69 Å². The Labute approximate surface area is 120 Å². The molecule has 1 heterocycles. The second kappa shape index (κ2) is 6.35. The number of hydrogen-bond donors (Lipinski definition) is 1. The Balaban J connectivity index is 2.18. The Kier molecular flexibility index (Phi) is 4.77. The Bertz CT molecular complexity index is 603. The lowest BCUT2D eigenvalue weighted by molar-refractivity contribution is 0.678. The van der Waals surface area contributed by atoms with Gasteiger partial charge >= 0.3 is 0 Å². The molecule has 2 aromatic rings. The molecule has 3 nitrogen and oxygen atoms in total. The topological polar surface area (TPSA) is 42.0 Å². The van der Waals surface area contributed by atoms with Gasteiger partial charge in [0.05, 0.1) is 5.52 Å². The summed E-state index contributed by atoms with van der Waals surface area (Å²) in [4.78, 5) is 4.31. The zero-order valence-electron chi connectivity index (χ0n) is 11.0. The van der Waals surface area contributed by atoms with Crippen LogP contribution in [0.2, 0.25) is 5.02 Å². The minimum atomic E-state index is -0.744. The highest BCUT2D eigenvalue weighted by Crippen LogP contribution is 2.25. The molecule has 1 N–H and O–H groups in total. The Morgan fingerprint density at radius 3 is 2.95 bits per heavy atom. The third-order valence-electron chi connectivity index (χ3n) is 2.94. The highest BCUT2D eigenvalue weighted by atomic mass is 35.5. The molecule has 0 radical (unpaired) electrons. The first kappa shape index (κ1) is 14.3. The number of halogens is 1. The predicted molar refractivity (Wildman–Crippen MR) is 83.4 cm³/mol. The molecule has 0 spiro atoms. The zero-order chi connectivity index (χ0) is 13.8. The number of nitrogens with one attached hydrogen (secondary N) is 1. The van der Waals surface area contributed by atoms with Gasteiger partial charge in [-0.1, -0.05) is 11.6 Å². The Morgan fingerprint density at radius 1 is 1.42 bits per heavy atom. The second-order valence-electron chi connectivity index (χ2n) is 4.63. The average Bonchev–Trinajstić information content (AvgIpc) is 2.36. The largest absolute Gasteiger partial charge is 0.382 e. The number of fused-ring (bicyclic) bond motifs is 1. The van der Waals surface area contributed by atoms with E-state index in [1.54, 1.807) is 12.5 Å². The summed E-state index contributed by atoms with van der Waals surface area (Å²) in [6, 6.07) is 7.91. The van der Waals surface area contributed by atoms with E-state index in [0.717, 1.165) is 23.0 Å². The Morgan fingerprint density at radius 2 is 2.21 bits per heavy atom. The third kappa shape index (κ3) is 3.91. The molecule has 2 rings (SSSR count). The van der Waals surface area contributed by atoms with Crippen LogP contribution in [0.15, 0.2) is 30.5 Å². The maximum Gasteiger partial charge on any atom is 0.0737 e. The molecule has 5 heteroatoms. The van der Waals surface area contributed by atoms with Crippen molar-refractivity contribution >= 4 is 39.0 Å². The maximum atomic E-state index is 11.1. The van der Waals surface area contributed by atoms with E-state index in [-0.39, 0.29) is 6.04 Å². The number of aromatic nitrogens is 1. The highest BCUT2D eigenvalue weighted by Gasteiger charge is 2.07. The number of hydrogen-bond acceptors (Lipinski definition) is 3. The van der Waals surface area contributed by atoms with Crippen molar-refractivity contribution < 1.29 is 4.21 Å². The summed E-state index contributed by atoms with van der Waals surface area (Å²) >= 11 is 5.97. The van der Waals surface area contributed by atoms with Gasteiger partial charge in [-0.3, -0.25) is 9.19 Å². The molecular weight excluding hydrogens is 280 g/mol. The summed E-state index contributed by atoms with van der Waals surface area (Å²) < 4.78 is 11.1. The van der Waals surface area contributed by atoms with E-state index >= 15 is 0 Å². The van der Waals surface area contributed by atoms with Gasteiger partial charge in [0.2, 0.25) is 0 Å². The molecule has 2 atom stereocenters. The van der Waals surface area contributed by atoms with Gasteiger partial charge in [0.1, 0.15) is 0 Å². The molecular formula is C14H17ClN2OS. The zero-order valence-corrected chi connectivity index (χ0v) is 12.6. The molecule has 1 aromatic heterocycles. The van der Waals surface area contributed by atoms with Crippen LogP contribution in [0, 0.1) is 0 Å². The lowest BCUT2D eigenvalue weighted by Crippen LogP contribution is -2.18. The van der Waals surface area contributed by atoms with Crippen molar-refractivity contribution in [1.29, 1.82) is 0 Å². The minimum absolute atomic E-state index is 0.269. The summed E-state index contributed by atoms with van der Waals surface area (Å²) in [6.45, 7) is 2.09. The van der Waals surface area contributed by atoms with Crippen LogP contribution in [0.1, 0.15) is 13.3 Å². The summed E-state index contributed by atoms with van der Waals surface area (Å²) in [5.74, 6) is 0.711. The SMILES string of the molecule is CC(CCS(C)=O)Nc1ccnc2cc(Cl)ccc12. The monoisotopic (exact) mass is 296 g/mol. The van der Waals surface area contributed by atoms with Crippen LogP contribution < -0.4 is 5.32 Å². The van der Waals surface area contributed by atoms with E-state index in [1.807, 2.05) is 24.3 Å². The van der Waals surface area contributed by atoms with E-state index in [9.17, 15) is 4.21 Å². The van der Waals surface area contributed by atoms with E-state index in [0.29, 0.717) is 10.8 Å². The summed E-state index contributed by atoms with van der Waals surface area (Å²) in [6.07, 6.45) is 4.38. The molecule has 0 fully saturated rings. The van der Waals surface area contributed by atoms with Gasteiger partial charge < -0.3 is 5.32 Å². The molecule has 0 aliphatic heterocycles. The molecule has 0 saturated carbocycles. The fourth-order valence-electron chi connectivity index (χ4n) is 1.93. The van der Waals surface area contributed by atoms with Gasteiger partial charge in [-0.25, -0.2) is 0 Å². The number of benzene rings is 1.